The summed E-state index contributed by atoms with van der Waals surface area (Å²) in [6.45, 7) is 9.74. The molecule has 0 amide bonds. The number of unbranched alkanes of at least 4 members (excludes halogenated alkanes) is 2. The number of esters is 1. The van der Waals surface area contributed by atoms with E-state index >= 15 is 0 Å². The number of aliphatic hydroxyl groups is 3. The summed E-state index contributed by atoms with van der Waals surface area (Å²) in [5.41, 5.74) is 3.38. The maximum absolute atomic E-state index is 11.8. The Labute approximate surface area is 209 Å². The van der Waals surface area contributed by atoms with Crippen molar-refractivity contribution in [3.8, 4) is 0 Å². The summed E-state index contributed by atoms with van der Waals surface area (Å²) < 4.78 is 16.9. The van der Waals surface area contributed by atoms with Crippen LogP contribution in [-0.2, 0) is 31.8 Å². The van der Waals surface area contributed by atoms with Gasteiger partial charge in [0, 0.05) is 12.0 Å². The smallest absolute Gasteiger partial charge is 0.335 e. The minimum absolute atomic E-state index is 0.0218. The Morgan fingerprint density at radius 1 is 1.09 bits per heavy atom. The second-order valence-electron chi connectivity index (χ2n) is 9.28. The molecule has 0 saturated carbocycles. The van der Waals surface area contributed by atoms with E-state index < -0.39 is 18.9 Å². The summed E-state index contributed by atoms with van der Waals surface area (Å²) in [5.74, 6) is 0.0223. The quantitative estimate of drug-likeness (QED) is 0.106. The maximum Gasteiger partial charge on any atom is 0.335 e. The van der Waals surface area contributed by atoms with Crippen LogP contribution in [0.3, 0.4) is 0 Å². The van der Waals surface area contributed by atoms with Gasteiger partial charge in [-0.2, -0.15) is 0 Å². The second-order valence-corrected chi connectivity index (χ2v) is 9.28. The van der Waals surface area contributed by atoms with E-state index in [2.05, 4.69) is 32.2 Å². The molecular weight excluding hydrogens is 448 g/mol. The van der Waals surface area contributed by atoms with Crippen molar-refractivity contribution in [2.24, 2.45) is 5.92 Å². The van der Waals surface area contributed by atoms with Gasteiger partial charge in [0.2, 0.25) is 0 Å². The van der Waals surface area contributed by atoms with E-state index in [1.807, 2.05) is 6.07 Å². The molecule has 0 spiro atoms. The predicted molar refractivity (Wildman–Crippen MR) is 135 cm³/mol. The zero-order chi connectivity index (χ0) is 25.6. The van der Waals surface area contributed by atoms with Crippen LogP contribution in [0, 0.1) is 5.92 Å². The lowest BCUT2D eigenvalue weighted by Crippen LogP contribution is -2.21. The number of benzene rings is 1. The molecule has 1 aliphatic rings. The zero-order valence-corrected chi connectivity index (χ0v) is 21.0. The third-order valence-corrected chi connectivity index (χ3v) is 6.36. The molecule has 0 bridgehead atoms. The molecule has 7 heteroatoms. The van der Waals surface area contributed by atoms with Crippen molar-refractivity contribution >= 4 is 5.97 Å². The van der Waals surface area contributed by atoms with Gasteiger partial charge in [0.05, 0.1) is 44.7 Å². The summed E-state index contributed by atoms with van der Waals surface area (Å²) >= 11 is 0. The second kappa shape index (κ2) is 15.9. The van der Waals surface area contributed by atoms with E-state index in [9.17, 15) is 9.90 Å². The molecule has 35 heavy (non-hydrogen) atoms. The third-order valence-electron chi connectivity index (χ3n) is 6.36. The molecule has 1 fully saturated rings. The van der Waals surface area contributed by atoms with Crippen molar-refractivity contribution in [2.45, 2.75) is 70.7 Å². The van der Waals surface area contributed by atoms with Crippen LogP contribution < -0.4 is 0 Å². The molecule has 1 saturated heterocycles. The van der Waals surface area contributed by atoms with E-state index in [0.29, 0.717) is 18.8 Å². The minimum Gasteiger partial charge on any atom is -0.462 e. The largest absolute Gasteiger partial charge is 0.462 e. The van der Waals surface area contributed by atoms with Gasteiger partial charge in [0.15, 0.2) is 6.29 Å². The molecule has 2 rings (SSSR count). The number of carbonyl (C=O) groups excluding carboxylic acids is 1. The van der Waals surface area contributed by atoms with Crippen molar-refractivity contribution in [1.82, 2.24) is 0 Å². The molecule has 3 unspecified atom stereocenters. The van der Waals surface area contributed by atoms with Crippen molar-refractivity contribution in [3.05, 3.63) is 59.2 Å². The van der Waals surface area contributed by atoms with Gasteiger partial charge in [-0.05, 0) is 48.3 Å². The van der Waals surface area contributed by atoms with E-state index in [1.54, 1.807) is 0 Å². The molecule has 1 heterocycles. The first-order valence-corrected chi connectivity index (χ1v) is 12.7. The number of hydrogen-bond donors (Lipinski definition) is 3. The number of hydrogen-bond acceptors (Lipinski definition) is 7. The predicted octanol–water partition coefficient (Wildman–Crippen LogP) is 3.79. The zero-order valence-electron chi connectivity index (χ0n) is 21.0. The highest BCUT2D eigenvalue weighted by Gasteiger charge is 2.23. The summed E-state index contributed by atoms with van der Waals surface area (Å²) in [7, 11) is 0. The molecule has 1 aromatic carbocycles. The Bertz CT molecular complexity index is 812. The number of aliphatic hydroxyl groups excluding tert-OH is 3. The molecule has 0 aromatic heterocycles. The summed E-state index contributed by atoms with van der Waals surface area (Å²) in [4.78, 5) is 11.8. The van der Waals surface area contributed by atoms with Crippen LogP contribution in [0.4, 0.5) is 0 Å². The van der Waals surface area contributed by atoms with Gasteiger partial charge in [0.1, 0.15) is 0 Å². The normalized spacial score (nSPS) is 18.7. The number of ether oxygens (including phenoxy) is 3. The van der Waals surface area contributed by atoms with Gasteiger partial charge in [-0.1, -0.05) is 57.5 Å². The highest BCUT2D eigenvalue weighted by Crippen LogP contribution is 2.33. The summed E-state index contributed by atoms with van der Waals surface area (Å²) in [5, 5.41) is 28.0. The summed E-state index contributed by atoms with van der Waals surface area (Å²) in [6, 6.07) is 6.25. The topological polar surface area (TPSA) is 105 Å². The fourth-order valence-electron chi connectivity index (χ4n) is 4.16. The molecule has 0 aliphatic carbocycles. The van der Waals surface area contributed by atoms with Gasteiger partial charge in [-0.25, -0.2) is 4.79 Å². The van der Waals surface area contributed by atoms with E-state index in [-0.39, 0.29) is 37.1 Å². The Hall–Kier alpha value is -2.03. The highest BCUT2D eigenvalue weighted by atomic mass is 16.6. The van der Waals surface area contributed by atoms with Gasteiger partial charge in [0.25, 0.3) is 0 Å². The molecule has 3 N–H and O–H groups in total. The van der Waals surface area contributed by atoms with E-state index in [0.717, 1.165) is 36.1 Å². The molecule has 196 valence electrons. The maximum atomic E-state index is 11.8. The van der Waals surface area contributed by atoms with Crippen LogP contribution in [0.5, 0.6) is 0 Å². The van der Waals surface area contributed by atoms with Gasteiger partial charge >= 0.3 is 5.97 Å². The molecule has 1 aliphatic heterocycles. The van der Waals surface area contributed by atoms with E-state index in [4.69, 9.17) is 24.4 Å². The Kier molecular flexibility index (Phi) is 13.2. The standard InChI is InChI=1S/C28H42O7/c1-4-5-6-7-22-8-9-26(35-19-22)25-15-23(10-12-33-27(31)20(2)17-29)14-24(16-25)11-13-34-28(32)21(3)18-30/h14-16,22,26-27,29-31H,2-13,17-19H2,1H3. The van der Waals surface area contributed by atoms with Crippen LogP contribution in [0.15, 0.2) is 42.5 Å². The van der Waals surface area contributed by atoms with E-state index in [1.165, 1.54) is 25.7 Å². The van der Waals surface area contributed by atoms with Crippen LogP contribution in [0.25, 0.3) is 0 Å². The summed E-state index contributed by atoms with van der Waals surface area (Å²) in [6.07, 6.45) is 6.98. The van der Waals surface area contributed by atoms with Crippen LogP contribution in [0.1, 0.15) is 68.2 Å². The van der Waals surface area contributed by atoms with Crippen LogP contribution in [-0.4, -0.2) is 60.6 Å². The molecular formula is C28H42O7. The third kappa shape index (κ3) is 10.2. The average Bonchev–Trinajstić information content (AvgIpc) is 2.88. The Balaban J connectivity index is 2.03. The van der Waals surface area contributed by atoms with Gasteiger partial charge in [-0.15, -0.1) is 0 Å². The van der Waals surface area contributed by atoms with Crippen molar-refractivity contribution in [2.75, 3.05) is 33.0 Å². The van der Waals surface area contributed by atoms with Crippen molar-refractivity contribution in [3.63, 3.8) is 0 Å². The van der Waals surface area contributed by atoms with Crippen LogP contribution in [0.2, 0.25) is 0 Å². The fourth-order valence-corrected chi connectivity index (χ4v) is 4.16. The lowest BCUT2D eigenvalue weighted by molar-refractivity contribution is -0.139. The van der Waals surface area contributed by atoms with Crippen molar-refractivity contribution in [1.29, 1.82) is 0 Å². The average molecular weight is 491 g/mol. The monoisotopic (exact) mass is 490 g/mol. The molecule has 3 atom stereocenters. The highest BCUT2D eigenvalue weighted by molar-refractivity contribution is 5.87. The first-order valence-electron chi connectivity index (χ1n) is 12.7. The first-order chi connectivity index (χ1) is 16.9. The SMILES string of the molecule is C=C(CO)C(=O)OCCc1cc(CCOC(O)C(=C)CO)cc(C2CCC(CCCCC)CO2)c1. The Morgan fingerprint density at radius 3 is 2.40 bits per heavy atom. The fraction of sp³-hybridized carbons (Fsp3) is 0.607. The molecule has 1 aromatic rings. The van der Waals surface area contributed by atoms with Gasteiger partial charge < -0.3 is 29.5 Å². The Morgan fingerprint density at radius 2 is 1.80 bits per heavy atom. The first kappa shape index (κ1) is 29.2. The van der Waals surface area contributed by atoms with Crippen LogP contribution >= 0.6 is 0 Å². The lowest BCUT2D eigenvalue weighted by Gasteiger charge is -2.30. The van der Waals surface area contributed by atoms with Gasteiger partial charge in [-0.3, -0.25) is 0 Å². The minimum atomic E-state index is -1.20. The number of rotatable bonds is 16. The lowest BCUT2D eigenvalue weighted by atomic mass is 9.89. The number of carbonyl (C=O) groups is 1. The molecule has 0 radical (unpaired) electrons. The van der Waals surface area contributed by atoms with Crippen molar-refractivity contribution < 1.29 is 34.3 Å². The molecule has 7 nitrogen and oxygen atoms in total.